The number of anilines is 2. The molecule has 1 amide bonds. The molecule has 2 aromatic carbocycles. The van der Waals surface area contributed by atoms with Crippen molar-refractivity contribution < 1.29 is 17.6 Å². The van der Waals surface area contributed by atoms with E-state index in [4.69, 9.17) is 11.6 Å². The Morgan fingerprint density at radius 2 is 1.91 bits per heavy atom. The molecule has 2 rings (SSSR count). The van der Waals surface area contributed by atoms with Gasteiger partial charge in [0, 0.05) is 11.9 Å². The van der Waals surface area contributed by atoms with E-state index in [-0.39, 0.29) is 16.3 Å². The molecular weight excluding hydrogens is 343 g/mol. The highest BCUT2D eigenvalue weighted by Gasteiger charge is 2.19. The Labute approximate surface area is 138 Å². The largest absolute Gasteiger partial charge is 0.324 e. The topological polar surface area (TPSA) is 75.3 Å². The van der Waals surface area contributed by atoms with Crippen LogP contribution in [0.3, 0.4) is 0 Å². The van der Waals surface area contributed by atoms with Crippen LogP contribution in [-0.2, 0) is 14.8 Å². The van der Waals surface area contributed by atoms with Gasteiger partial charge in [0.05, 0.1) is 16.3 Å². The average Bonchev–Trinajstić information content (AvgIpc) is 2.44. The molecule has 0 saturated carbocycles. The molecule has 0 aliphatic heterocycles. The van der Waals surface area contributed by atoms with Gasteiger partial charge in [0.25, 0.3) is 10.0 Å². The smallest absolute Gasteiger partial charge is 0.262 e. The van der Waals surface area contributed by atoms with Crippen molar-refractivity contribution in [1.82, 2.24) is 0 Å². The summed E-state index contributed by atoms with van der Waals surface area (Å²) in [4.78, 5) is 11.1. The highest BCUT2D eigenvalue weighted by Crippen LogP contribution is 2.26. The van der Waals surface area contributed by atoms with Crippen LogP contribution in [0.5, 0.6) is 0 Å². The number of amides is 1. The van der Waals surface area contributed by atoms with Crippen molar-refractivity contribution in [2.24, 2.45) is 0 Å². The van der Waals surface area contributed by atoms with Crippen LogP contribution < -0.4 is 10.0 Å². The van der Waals surface area contributed by atoms with Gasteiger partial charge < -0.3 is 5.32 Å². The van der Waals surface area contributed by atoms with Crippen LogP contribution in [0.1, 0.15) is 12.5 Å². The average molecular weight is 357 g/mol. The Balaban J connectivity index is 2.38. The molecule has 0 saturated heterocycles. The molecule has 0 unspecified atom stereocenters. The molecule has 0 radical (unpaired) electrons. The zero-order chi connectivity index (χ0) is 17.2. The van der Waals surface area contributed by atoms with Crippen molar-refractivity contribution >= 4 is 38.9 Å². The third-order valence-electron chi connectivity index (χ3n) is 3.04. The molecule has 122 valence electrons. The monoisotopic (exact) mass is 356 g/mol. The van der Waals surface area contributed by atoms with Gasteiger partial charge in [0.2, 0.25) is 5.91 Å². The number of benzene rings is 2. The molecule has 0 spiro atoms. The second-order valence-corrected chi connectivity index (χ2v) is 6.90. The van der Waals surface area contributed by atoms with Crippen molar-refractivity contribution in [3.8, 4) is 0 Å². The van der Waals surface area contributed by atoms with Crippen molar-refractivity contribution in [3.63, 3.8) is 0 Å². The Morgan fingerprint density at radius 3 is 2.57 bits per heavy atom. The quantitative estimate of drug-likeness (QED) is 0.879. The minimum atomic E-state index is -3.89. The Kier molecular flexibility index (Phi) is 4.91. The lowest BCUT2D eigenvalue weighted by atomic mass is 10.2. The first-order valence-electron chi connectivity index (χ1n) is 6.56. The zero-order valence-corrected chi connectivity index (χ0v) is 13.9. The van der Waals surface area contributed by atoms with Crippen LogP contribution in [0, 0.1) is 12.7 Å². The van der Waals surface area contributed by atoms with Gasteiger partial charge in [-0.3, -0.25) is 9.52 Å². The number of hydrogen-bond acceptors (Lipinski definition) is 3. The second-order valence-electron chi connectivity index (χ2n) is 4.84. The van der Waals surface area contributed by atoms with E-state index in [1.54, 1.807) is 13.0 Å². The number of rotatable bonds is 4. The first-order valence-corrected chi connectivity index (χ1v) is 8.42. The van der Waals surface area contributed by atoms with Crippen molar-refractivity contribution in [2.45, 2.75) is 18.7 Å². The normalized spacial score (nSPS) is 11.1. The van der Waals surface area contributed by atoms with Gasteiger partial charge in [-0.1, -0.05) is 17.7 Å². The molecule has 0 heterocycles. The van der Waals surface area contributed by atoms with E-state index < -0.39 is 21.7 Å². The lowest BCUT2D eigenvalue weighted by Crippen LogP contribution is -2.15. The third-order valence-corrected chi connectivity index (χ3v) is 4.97. The minimum Gasteiger partial charge on any atom is -0.324 e. The highest BCUT2D eigenvalue weighted by atomic mass is 35.5. The standard InChI is InChI=1S/C15H14ClFN2O3S/c1-9-12(16)4-3-5-15(9)23(21,22)19-11-6-7-13(17)14(8-11)18-10(2)20/h3-8,19H,1-2H3,(H,18,20). The maximum atomic E-state index is 13.6. The van der Waals surface area contributed by atoms with Gasteiger partial charge in [-0.2, -0.15) is 0 Å². The summed E-state index contributed by atoms with van der Waals surface area (Å²) < 4.78 is 40.8. The lowest BCUT2D eigenvalue weighted by Gasteiger charge is -2.12. The molecular formula is C15H14ClFN2O3S. The van der Waals surface area contributed by atoms with Crippen LogP contribution >= 0.6 is 11.6 Å². The summed E-state index contributed by atoms with van der Waals surface area (Å²) in [5, 5.41) is 2.61. The van der Waals surface area contributed by atoms with E-state index >= 15 is 0 Å². The fourth-order valence-electron chi connectivity index (χ4n) is 1.96. The molecule has 0 atom stereocenters. The summed E-state index contributed by atoms with van der Waals surface area (Å²) in [5.41, 5.74) is 0.418. The van der Waals surface area contributed by atoms with E-state index in [1.807, 2.05) is 0 Å². The van der Waals surface area contributed by atoms with E-state index in [0.717, 1.165) is 6.07 Å². The molecule has 0 fully saturated rings. The number of carbonyl (C=O) groups is 1. The van der Waals surface area contributed by atoms with Gasteiger partial charge in [-0.15, -0.1) is 0 Å². The van der Waals surface area contributed by atoms with Crippen molar-refractivity contribution in [2.75, 3.05) is 10.0 Å². The fourth-order valence-corrected chi connectivity index (χ4v) is 3.51. The van der Waals surface area contributed by atoms with Gasteiger partial charge in [0.15, 0.2) is 0 Å². The maximum Gasteiger partial charge on any atom is 0.262 e. The van der Waals surface area contributed by atoms with Gasteiger partial charge in [-0.25, -0.2) is 12.8 Å². The Morgan fingerprint density at radius 1 is 1.22 bits per heavy atom. The first-order chi connectivity index (χ1) is 10.7. The number of hydrogen-bond donors (Lipinski definition) is 2. The molecule has 0 bridgehead atoms. The molecule has 2 N–H and O–H groups in total. The SMILES string of the molecule is CC(=O)Nc1cc(NS(=O)(=O)c2cccc(Cl)c2C)ccc1F. The van der Waals surface area contributed by atoms with E-state index in [9.17, 15) is 17.6 Å². The Hall–Kier alpha value is -2.12. The number of carbonyl (C=O) groups excluding carboxylic acids is 1. The van der Waals surface area contributed by atoms with E-state index in [0.29, 0.717) is 10.6 Å². The highest BCUT2D eigenvalue weighted by molar-refractivity contribution is 7.92. The summed E-state index contributed by atoms with van der Waals surface area (Å²) >= 11 is 5.94. The van der Waals surface area contributed by atoms with Crippen LogP contribution in [0.15, 0.2) is 41.3 Å². The minimum absolute atomic E-state index is 0.0235. The molecule has 0 aliphatic carbocycles. The number of halogens is 2. The first kappa shape index (κ1) is 17.2. The summed E-state index contributed by atoms with van der Waals surface area (Å²) in [6, 6.07) is 8.06. The summed E-state index contributed by atoms with van der Waals surface area (Å²) in [7, 11) is -3.89. The van der Waals surface area contributed by atoms with Gasteiger partial charge in [-0.05, 0) is 42.8 Å². The molecule has 0 aliphatic rings. The predicted octanol–water partition coefficient (Wildman–Crippen LogP) is 3.55. The van der Waals surface area contributed by atoms with Crippen LogP contribution in [0.25, 0.3) is 0 Å². The van der Waals surface area contributed by atoms with Crippen LogP contribution in [0.2, 0.25) is 5.02 Å². The number of nitrogens with one attached hydrogen (secondary N) is 2. The van der Waals surface area contributed by atoms with Crippen molar-refractivity contribution in [3.05, 3.63) is 52.8 Å². The predicted molar refractivity (Wildman–Crippen MR) is 87.7 cm³/mol. The Bertz CT molecular complexity index is 869. The summed E-state index contributed by atoms with van der Waals surface area (Å²) in [5.74, 6) is -1.13. The molecule has 2 aromatic rings. The molecule has 23 heavy (non-hydrogen) atoms. The third kappa shape index (κ3) is 4.00. The zero-order valence-electron chi connectivity index (χ0n) is 12.4. The van der Waals surface area contributed by atoms with Gasteiger partial charge in [0.1, 0.15) is 5.82 Å². The molecule has 0 aromatic heterocycles. The fraction of sp³-hybridized carbons (Fsp3) is 0.133. The van der Waals surface area contributed by atoms with E-state index in [1.165, 1.54) is 31.2 Å². The summed E-state index contributed by atoms with van der Waals surface area (Å²) in [6.07, 6.45) is 0. The summed E-state index contributed by atoms with van der Waals surface area (Å²) in [6.45, 7) is 2.82. The van der Waals surface area contributed by atoms with E-state index in [2.05, 4.69) is 10.0 Å². The van der Waals surface area contributed by atoms with Gasteiger partial charge >= 0.3 is 0 Å². The second kappa shape index (κ2) is 6.55. The molecule has 8 heteroatoms. The number of sulfonamides is 1. The maximum absolute atomic E-state index is 13.6. The van der Waals surface area contributed by atoms with Crippen molar-refractivity contribution in [1.29, 1.82) is 0 Å². The molecule has 5 nitrogen and oxygen atoms in total. The van der Waals surface area contributed by atoms with Crippen LogP contribution in [0.4, 0.5) is 15.8 Å². The van der Waals surface area contributed by atoms with Crippen LogP contribution in [-0.4, -0.2) is 14.3 Å². The lowest BCUT2D eigenvalue weighted by molar-refractivity contribution is -0.114.